The second-order valence-corrected chi connectivity index (χ2v) is 6.90. The van der Waals surface area contributed by atoms with Gasteiger partial charge in [0.25, 0.3) is 5.91 Å². The zero-order valence-electron chi connectivity index (χ0n) is 14.8. The van der Waals surface area contributed by atoms with E-state index in [1.807, 2.05) is 45.0 Å². The lowest BCUT2D eigenvalue weighted by atomic mass is 10.1. The highest BCUT2D eigenvalue weighted by atomic mass is 32.1. The monoisotopic (exact) mass is 365 g/mol. The smallest absolute Gasteiger partial charge is 0.283 e. The van der Waals surface area contributed by atoms with Crippen LogP contribution in [0.5, 0.6) is 5.75 Å². The summed E-state index contributed by atoms with van der Waals surface area (Å²) in [6, 6.07) is 13.3. The first-order valence-corrected chi connectivity index (χ1v) is 8.89. The van der Waals surface area contributed by atoms with E-state index >= 15 is 0 Å². The van der Waals surface area contributed by atoms with Crippen molar-refractivity contribution < 1.29 is 9.90 Å². The van der Waals surface area contributed by atoms with Gasteiger partial charge in [-0.3, -0.25) is 4.79 Å². The molecule has 0 aliphatic rings. The number of carbonyl (C=O) groups is 1. The minimum absolute atomic E-state index is 0.277. The van der Waals surface area contributed by atoms with E-state index in [2.05, 4.69) is 14.9 Å². The fourth-order valence-electron chi connectivity index (χ4n) is 2.65. The molecule has 0 unspecified atom stereocenters. The topological polar surface area (TPSA) is 74.6 Å². The summed E-state index contributed by atoms with van der Waals surface area (Å²) in [5.41, 5.74) is 7.77. The molecule has 1 heterocycles. The molecule has 0 atom stereocenters. The van der Waals surface area contributed by atoms with Gasteiger partial charge in [0.15, 0.2) is 0 Å². The van der Waals surface area contributed by atoms with Crippen molar-refractivity contribution >= 4 is 23.7 Å². The third kappa shape index (κ3) is 3.81. The molecule has 132 valence electrons. The standard InChI is InChI=1S/C20H19N3O2S/c1-12-6-4-5-7-16(12)17-10-18(26-23-17)20(25)22-21-11-15-8-13(2)19(24)14(3)9-15/h4-11,24H,1-3H3,(H,22,25)/b21-11+. The summed E-state index contributed by atoms with van der Waals surface area (Å²) < 4.78 is 4.37. The van der Waals surface area contributed by atoms with Crippen LogP contribution < -0.4 is 5.43 Å². The fourth-order valence-corrected chi connectivity index (χ4v) is 3.29. The third-order valence-electron chi connectivity index (χ3n) is 4.05. The number of hydrogen-bond donors (Lipinski definition) is 2. The summed E-state index contributed by atoms with van der Waals surface area (Å²) in [6.45, 7) is 5.66. The van der Waals surface area contributed by atoms with Crippen LogP contribution in [0.1, 0.15) is 31.9 Å². The second-order valence-electron chi connectivity index (χ2n) is 6.09. The molecule has 0 radical (unpaired) electrons. The van der Waals surface area contributed by atoms with Gasteiger partial charge in [-0.1, -0.05) is 24.3 Å². The minimum Gasteiger partial charge on any atom is -0.507 e. The number of hydrogen-bond acceptors (Lipinski definition) is 5. The van der Waals surface area contributed by atoms with Crippen LogP contribution in [0.25, 0.3) is 11.3 Å². The number of benzene rings is 2. The lowest BCUT2D eigenvalue weighted by Crippen LogP contribution is -2.16. The largest absolute Gasteiger partial charge is 0.507 e. The molecular formula is C20H19N3O2S. The number of phenols is 1. The Hall–Kier alpha value is -2.99. The summed E-state index contributed by atoms with van der Waals surface area (Å²) in [5.74, 6) is -0.0228. The van der Waals surface area contributed by atoms with Gasteiger partial charge in [-0.2, -0.15) is 9.47 Å². The first-order valence-electron chi connectivity index (χ1n) is 8.12. The molecule has 0 spiro atoms. The van der Waals surface area contributed by atoms with Crippen molar-refractivity contribution in [1.29, 1.82) is 0 Å². The van der Waals surface area contributed by atoms with Crippen LogP contribution >= 0.6 is 11.5 Å². The summed E-state index contributed by atoms with van der Waals surface area (Å²) in [5, 5.41) is 13.8. The molecule has 6 heteroatoms. The Morgan fingerprint density at radius 3 is 2.50 bits per heavy atom. The predicted molar refractivity (Wildman–Crippen MR) is 105 cm³/mol. The lowest BCUT2D eigenvalue weighted by Gasteiger charge is -2.04. The first-order chi connectivity index (χ1) is 12.5. The Kier molecular flexibility index (Phi) is 5.14. The number of aromatic nitrogens is 1. The third-order valence-corrected chi connectivity index (χ3v) is 4.84. The van der Waals surface area contributed by atoms with E-state index in [1.165, 1.54) is 0 Å². The van der Waals surface area contributed by atoms with Crippen LogP contribution in [0, 0.1) is 20.8 Å². The quantitative estimate of drug-likeness (QED) is 0.537. The molecule has 0 aliphatic carbocycles. The molecule has 3 aromatic rings. The van der Waals surface area contributed by atoms with Crippen molar-refractivity contribution in [2.75, 3.05) is 0 Å². The number of hydrazone groups is 1. The van der Waals surface area contributed by atoms with Crippen molar-refractivity contribution in [3.8, 4) is 17.0 Å². The number of rotatable bonds is 4. The van der Waals surface area contributed by atoms with Crippen LogP contribution in [-0.4, -0.2) is 21.6 Å². The fraction of sp³-hybridized carbons (Fsp3) is 0.150. The average molecular weight is 365 g/mol. The van der Waals surface area contributed by atoms with Crippen LogP contribution in [0.2, 0.25) is 0 Å². The number of carbonyl (C=O) groups excluding carboxylic acids is 1. The van der Waals surface area contributed by atoms with Crippen LogP contribution in [0.3, 0.4) is 0 Å². The number of aryl methyl sites for hydroxylation is 3. The summed E-state index contributed by atoms with van der Waals surface area (Å²) in [4.78, 5) is 12.8. The highest BCUT2D eigenvalue weighted by Gasteiger charge is 2.12. The second kappa shape index (κ2) is 7.49. The van der Waals surface area contributed by atoms with Gasteiger partial charge in [-0.25, -0.2) is 5.43 Å². The van der Waals surface area contributed by atoms with Gasteiger partial charge >= 0.3 is 0 Å². The molecule has 0 saturated carbocycles. The summed E-state index contributed by atoms with van der Waals surface area (Å²) in [6.07, 6.45) is 1.56. The molecule has 3 rings (SSSR count). The van der Waals surface area contributed by atoms with E-state index in [0.717, 1.165) is 45.0 Å². The van der Waals surface area contributed by atoms with Gasteiger partial charge in [0.1, 0.15) is 10.6 Å². The van der Waals surface area contributed by atoms with Crippen molar-refractivity contribution in [3.05, 3.63) is 69.6 Å². The van der Waals surface area contributed by atoms with E-state index in [0.29, 0.717) is 4.88 Å². The van der Waals surface area contributed by atoms with Crippen molar-refractivity contribution in [2.45, 2.75) is 20.8 Å². The Balaban J connectivity index is 1.70. The van der Waals surface area contributed by atoms with E-state index in [9.17, 15) is 9.90 Å². The van der Waals surface area contributed by atoms with Gasteiger partial charge in [0, 0.05) is 5.56 Å². The molecule has 0 bridgehead atoms. The molecule has 1 aromatic heterocycles. The zero-order chi connectivity index (χ0) is 18.7. The van der Waals surface area contributed by atoms with E-state index in [4.69, 9.17) is 0 Å². The maximum atomic E-state index is 12.3. The SMILES string of the molecule is Cc1ccccc1-c1cc(C(=O)N/N=C/c2cc(C)c(O)c(C)c2)sn1. The maximum Gasteiger partial charge on any atom is 0.283 e. The van der Waals surface area contributed by atoms with Gasteiger partial charge in [0.05, 0.1) is 11.9 Å². The average Bonchev–Trinajstić information content (AvgIpc) is 3.10. The maximum absolute atomic E-state index is 12.3. The molecule has 0 fully saturated rings. The van der Waals surface area contributed by atoms with Crippen LogP contribution in [0.4, 0.5) is 0 Å². The highest BCUT2D eigenvalue weighted by Crippen LogP contribution is 2.25. The van der Waals surface area contributed by atoms with Crippen LogP contribution in [0.15, 0.2) is 47.6 Å². The molecule has 1 amide bonds. The van der Waals surface area contributed by atoms with Crippen molar-refractivity contribution in [2.24, 2.45) is 5.10 Å². The van der Waals surface area contributed by atoms with Gasteiger partial charge in [0.2, 0.25) is 0 Å². The molecule has 2 N–H and O–H groups in total. The number of phenolic OH excluding ortho intramolecular Hbond substituents is 1. The Morgan fingerprint density at radius 2 is 1.81 bits per heavy atom. The Bertz CT molecular complexity index is 969. The van der Waals surface area contributed by atoms with Gasteiger partial charge < -0.3 is 5.11 Å². The number of amides is 1. The normalized spacial score (nSPS) is 11.0. The van der Waals surface area contributed by atoms with Gasteiger partial charge in [-0.05, 0) is 72.8 Å². The van der Waals surface area contributed by atoms with E-state index < -0.39 is 0 Å². The number of nitrogens with one attached hydrogen (secondary N) is 1. The molecule has 26 heavy (non-hydrogen) atoms. The van der Waals surface area contributed by atoms with E-state index in [1.54, 1.807) is 24.4 Å². The summed E-state index contributed by atoms with van der Waals surface area (Å²) in [7, 11) is 0. The molecule has 0 aliphatic heterocycles. The van der Waals surface area contributed by atoms with Crippen molar-refractivity contribution in [3.63, 3.8) is 0 Å². The Morgan fingerprint density at radius 1 is 1.12 bits per heavy atom. The van der Waals surface area contributed by atoms with E-state index in [-0.39, 0.29) is 11.7 Å². The molecule has 5 nitrogen and oxygen atoms in total. The Labute approximate surface area is 156 Å². The van der Waals surface area contributed by atoms with Gasteiger partial charge in [-0.15, -0.1) is 0 Å². The number of nitrogens with zero attached hydrogens (tertiary/aromatic N) is 2. The lowest BCUT2D eigenvalue weighted by molar-refractivity contribution is 0.0959. The van der Waals surface area contributed by atoms with Crippen molar-refractivity contribution in [1.82, 2.24) is 9.80 Å². The molecular weight excluding hydrogens is 346 g/mol. The van der Waals surface area contributed by atoms with Crippen LogP contribution in [-0.2, 0) is 0 Å². The minimum atomic E-state index is -0.300. The predicted octanol–water partition coefficient (Wildman–Crippen LogP) is 4.20. The zero-order valence-corrected chi connectivity index (χ0v) is 15.6. The number of aromatic hydroxyl groups is 1. The highest BCUT2D eigenvalue weighted by molar-refractivity contribution is 7.08. The first kappa shape index (κ1) is 17.8. The summed E-state index contributed by atoms with van der Waals surface area (Å²) >= 11 is 1.15. The molecule has 0 saturated heterocycles. The molecule has 2 aromatic carbocycles.